The number of methoxy groups -OCH3 is 1. The Balaban J connectivity index is 1.71. The smallest absolute Gasteiger partial charge is 0.210 e. The highest BCUT2D eigenvalue weighted by atomic mass is 32.2. The first-order chi connectivity index (χ1) is 12.1. The first-order valence-electron chi connectivity index (χ1n) is 7.36. The summed E-state index contributed by atoms with van der Waals surface area (Å²) in [5.41, 5.74) is 1.93. The molecular formula is C17H15N4O3S-. The summed E-state index contributed by atoms with van der Waals surface area (Å²) in [6, 6.07) is 13.9. The summed E-state index contributed by atoms with van der Waals surface area (Å²) >= 11 is 1.41. The maximum Gasteiger partial charge on any atom is 0.210 e. The predicted octanol–water partition coefficient (Wildman–Crippen LogP) is 1.32. The predicted molar refractivity (Wildman–Crippen MR) is 92.5 cm³/mol. The van der Waals surface area contributed by atoms with Gasteiger partial charge in [-0.1, -0.05) is 36.0 Å². The van der Waals surface area contributed by atoms with Crippen molar-refractivity contribution in [3.63, 3.8) is 0 Å². The number of carboxylic acids is 1. The Hall–Kier alpha value is -3.00. The number of benzene rings is 2. The summed E-state index contributed by atoms with van der Waals surface area (Å²) in [7, 11) is 1.61. The molecule has 8 heteroatoms. The van der Waals surface area contributed by atoms with Gasteiger partial charge in [-0.3, -0.25) is 0 Å². The fourth-order valence-corrected chi connectivity index (χ4v) is 3.01. The lowest BCUT2D eigenvalue weighted by Gasteiger charge is -2.06. The third kappa shape index (κ3) is 3.74. The quantitative estimate of drug-likeness (QED) is 0.525. The van der Waals surface area contributed by atoms with Crippen LogP contribution >= 0.6 is 11.8 Å². The van der Waals surface area contributed by atoms with Gasteiger partial charge in [-0.25, -0.2) is 4.68 Å². The van der Waals surface area contributed by atoms with Gasteiger partial charge in [0.15, 0.2) is 5.82 Å². The van der Waals surface area contributed by atoms with Crippen LogP contribution in [0.1, 0.15) is 15.9 Å². The second kappa shape index (κ2) is 7.27. The van der Waals surface area contributed by atoms with Crippen molar-refractivity contribution in [2.24, 2.45) is 0 Å². The number of carbonyl (C=O) groups is 1. The van der Waals surface area contributed by atoms with E-state index in [2.05, 4.69) is 10.2 Å². The molecule has 0 saturated heterocycles. The number of thioether (sulfide) groups is 1. The number of nitrogens with two attached hydrogens (primary N) is 1. The minimum absolute atomic E-state index is 0.150. The minimum atomic E-state index is -1.19. The topological polar surface area (TPSA) is 106 Å². The highest BCUT2D eigenvalue weighted by Crippen LogP contribution is 2.25. The fraction of sp³-hybridized carbons (Fsp3) is 0.118. The third-order valence-electron chi connectivity index (χ3n) is 3.57. The lowest BCUT2D eigenvalue weighted by atomic mass is 10.1. The zero-order chi connectivity index (χ0) is 17.8. The first kappa shape index (κ1) is 16.8. The van der Waals surface area contributed by atoms with Crippen LogP contribution in [0.4, 0.5) is 0 Å². The largest absolute Gasteiger partial charge is 0.545 e. The summed E-state index contributed by atoms with van der Waals surface area (Å²) in [6.07, 6.45) is 0. The molecule has 128 valence electrons. The van der Waals surface area contributed by atoms with Crippen LogP contribution < -0.4 is 15.7 Å². The fourth-order valence-electron chi connectivity index (χ4n) is 2.20. The molecule has 0 aliphatic heterocycles. The molecule has 3 aromatic rings. The van der Waals surface area contributed by atoms with Crippen LogP contribution in [-0.2, 0) is 5.75 Å². The van der Waals surface area contributed by atoms with Gasteiger partial charge in [-0.05, 0) is 35.4 Å². The van der Waals surface area contributed by atoms with Crippen LogP contribution in [0.5, 0.6) is 5.75 Å². The molecule has 3 rings (SSSR count). The molecule has 7 nitrogen and oxygen atoms in total. The normalized spacial score (nSPS) is 10.6. The van der Waals surface area contributed by atoms with E-state index in [4.69, 9.17) is 10.6 Å². The Morgan fingerprint density at radius 2 is 1.84 bits per heavy atom. The molecule has 0 saturated carbocycles. The zero-order valence-corrected chi connectivity index (χ0v) is 14.2. The second-order valence-electron chi connectivity index (χ2n) is 5.18. The van der Waals surface area contributed by atoms with Gasteiger partial charge in [-0.2, -0.15) is 0 Å². The number of hydrogen-bond acceptors (Lipinski definition) is 7. The lowest BCUT2D eigenvalue weighted by Crippen LogP contribution is -2.21. The molecule has 0 atom stereocenters. The van der Waals surface area contributed by atoms with E-state index in [-0.39, 0.29) is 5.56 Å². The Bertz CT molecular complexity index is 876. The highest BCUT2D eigenvalue weighted by Gasteiger charge is 2.12. The number of rotatable bonds is 6. The Labute approximate surface area is 148 Å². The van der Waals surface area contributed by atoms with E-state index < -0.39 is 5.97 Å². The van der Waals surface area contributed by atoms with Crippen molar-refractivity contribution in [2.45, 2.75) is 10.9 Å². The molecular weight excluding hydrogens is 340 g/mol. The number of ether oxygens (including phenoxy) is 1. The summed E-state index contributed by atoms with van der Waals surface area (Å²) in [4.78, 5) is 10.8. The van der Waals surface area contributed by atoms with Gasteiger partial charge >= 0.3 is 0 Å². The van der Waals surface area contributed by atoms with Crippen LogP contribution in [0.3, 0.4) is 0 Å². The molecule has 2 aromatic carbocycles. The van der Waals surface area contributed by atoms with Gasteiger partial charge in [0.1, 0.15) is 5.75 Å². The number of nitrogens with zero attached hydrogens (tertiary/aromatic N) is 3. The number of carboxylic acid groups (broad SMARTS) is 1. The van der Waals surface area contributed by atoms with Gasteiger partial charge in [-0.15, -0.1) is 10.2 Å². The Kier molecular flexibility index (Phi) is 4.90. The monoisotopic (exact) mass is 355 g/mol. The average molecular weight is 355 g/mol. The van der Waals surface area contributed by atoms with Crippen LogP contribution in [0.2, 0.25) is 0 Å². The number of nitrogen functional groups attached to an aromatic ring is 1. The highest BCUT2D eigenvalue weighted by molar-refractivity contribution is 7.98. The average Bonchev–Trinajstić information content (AvgIpc) is 3.01. The van der Waals surface area contributed by atoms with Crippen molar-refractivity contribution < 1.29 is 14.6 Å². The van der Waals surface area contributed by atoms with Gasteiger partial charge in [0.25, 0.3) is 0 Å². The molecule has 0 amide bonds. The van der Waals surface area contributed by atoms with E-state index in [0.29, 0.717) is 16.7 Å². The maximum atomic E-state index is 10.8. The van der Waals surface area contributed by atoms with Crippen molar-refractivity contribution in [3.05, 3.63) is 59.7 Å². The molecule has 0 aliphatic carbocycles. The number of hydrogen-bond donors (Lipinski definition) is 1. The van der Waals surface area contributed by atoms with E-state index in [1.807, 2.05) is 24.3 Å². The van der Waals surface area contributed by atoms with E-state index in [9.17, 15) is 9.90 Å². The summed E-state index contributed by atoms with van der Waals surface area (Å²) in [5.74, 6) is 6.79. The molecule has 0 radical (unpaired) electrons. The van der Waals surface area contributed by atoms with E-state index in [0.717, 1.165) is 16.9 Å². The second-order valence-corrected chi connectivity index (χ2v) is 6.12. The van der Waals surface area contributed by atoms with Crippen LogP contribution in [0.25, 0.3) is 11.4 Å². The Morgan fingerprint density at radius 3 is 2.44 bits per heavy atom. The minimum Gasteiger partial charge on any atom is -0.545 e. The van der Waals surface area contributed by atoms with Crippen molar-refractivity contribution in [2.75, 3.05) is 13.0 Å². The molecule has 0 aliphatic rings. The standard InChI is InChI=1S/C17H16N4O3S/c1-24-14-8-6-12(7-9-14)15-19-20-17(21(15)18)25-10-11-2-4-13(5-3-11)16(22)23/h2-9H,10,18H2,1H3,(H,22,23)/p-1. The van der Waals surface area contributed by atoms with Crippen molar-refractivity contribution in [1.82, 2.24) is 14.9 Å². The van der Waals surface area contributed by atoms with E-state index in [1.165, 1.54) is 28.6 Å². The zero-order valence-electron chi connectivity index (χ0n) is 13.4. The molecule has 0 unspecified atom stereocenters. The van der Waals surface area contributed by atoms with Crippen LogP contribution in [0, 0.1) is 0 Å². The number of aromatic nitrogens is 3. The summed E-state index contributed by atoms with van der Waals surface area (Å²) in [6.45, 7) is 0. The molecule has 0 bridgehead atoms. The summed E-state index contributed by atoms with van der Waals surface area (Å²) < 4.78 is 6.56. The van der Waals surface area contributed by atoms with Crippen molar-refractivity contribution in [3.8, 4) is 17.1 Å². The third-order valence-corrected chi connectivity index (χ3v) is 4.58. The maximum absolute atomic E-state index is 10.8. The van der Waals surface area contributed by atoms with Crippen molar-refractivity contribution >= 4 is 17.7 Å². The number of aromatic carboxylic acids is 1. The SMILES string of the molecule is COc1ccc(-c2nnc(SCc3ccc(C(=O)[O-])cc3)n2N)cc1. The van der Waals surface area contributed by atoms with E-state index >= 15 is 0 Å². The van der Waals surface area contributed by atoms with Gasteiger partial charge < -0.3 is 20.5 Å². The molecule has 1 heterocycles. The van der Waals surface area contributed by atoms with Crippen LogP contribution in [-0.4, -0.2) is 28.0 Å². The lowest BCUT2D eigenvalue weighted by molar-refractivity contribution is -0.255. The molecule has 0 fully saturated rings. The van der Waals surface area contributed by atoms with Gasteiger partial charge in [0.05, 0.1) is 13.1 Å². The molecule has 1 aromatic heterocycles. The number of carbonyl (C=O) groups excluding carboxylic acids is 1. The first-order valence-corrected chi connectivity index (χ1v) is 8.35. The molecule has 2 N–H and O–H groups in total. The van der Waals surface area contributed by atoms with E-state index in [1.54, 1.807) is 19.2 Å². The van der Waals surface area contributed by atoms with Crippen LogP contribution in [0.15, 0.2) is 53.7 Å². The van der Waals surface area contributed by atoms with Gasteiger partial charge in [0.2, 0.25) is 5.16 Å². The van der Waals surface area contributed by atoms with Crippen molar-refractivity contribution in [1.29, 1.82) is 0 Å². The van der Waals surface area contributed by atoms with Gasteiger partial charge in [0, 0.05) is 11.3 Å². The summed E-state index contributed by atoms with van der Waals surface area (Å²) in [5, 5.41) is 19.6. The molecule has 25 heavy (non-hydrogen) atoms. The molecule has 0 spiro atoms. The Morgan fingerprint density at radius 1 is 1.16 bits per heavy atom.